The van der Waals surface area contributed by atoms with Gasteiger partial charge in [-0.3, -0.25) is 4.90 Å². The molecule has 0 aromatic rings. The van der Waals surface area contributed by atoms with Crippen molar-refractivity contribution in [1.29, 1.82) is 0 Å². The molecule has 1 fully saturated rings. The third-order valence-electron chi connectivity index (χ3n) is 4.59. The van der Waals surface area contributed by atoms with E-state index in [4.69, 9.17) is 14.2 Å². The van der Waals surface area contributed by atoms with Crippen molar-refractivity contribution in [3.8, 4) is 0 Å². The van der Waals surface area contributed by atoms with Crippen LogP contribution >= 0.6 is 0 Å². The van der Waals surface area contributed by atoms with Gasteiger partial charge in [0.05, 0.1) is 19.3 Å². The van der Waals surface area contributed by atoms with Crippen molar-refractivity contribution < 1.29 is 23.8 Å². The third kappa shape index (κ3) is 4.16. The standard InChI is InChI=1S/C17H31NO5/c1-11(15(2,3)4)12(13(19)21-9)23-14(20)18-16(5,6)10-22-17(18,7)8/h11-12H,10H2,1-9H3/t11-,12-/m0/s1. The van der Waals surface area contributed by atoms with E-state index in [1.165, 1.54) is 7.11 Å². The minimum absolute atomic E-state index is 0.200. The second-order valence-corrected chi connectivity index (χ2v) is 8.37. The molecule has 0 aromatic carbocycles. The Hall–Kier alpha value is -1.30. The van der Waals surface area contributed by atoms with Gasteiger partial charge in [-0.05, 0) is 33.1 Å². The molecule has 0 aromatic heterocycles. The summed E-state index contributed by atoms with van der Waals surface area (Å²) in [4.78, 5) is 26.4. The third-order valence-corrected chi connectivity index (χ3v) is 4.59. The summed E-state index contributed by atoms with van der Waals surface area (Å²) in [5, 5.41) is 0. The fraction of sp³-hybridized carbons (Fsp3) is 0.882. The van der Waals surface area contributed by atoms with Crippen LogP contribution in [0.15, 0.2) is 0 Å². The van der Waals surface area contributed by atoms with Gasteiger partial charge in [0.25, 0.3) is 0 Å². The number of hydrogen-bond donors (Lipinski definition) is 0. The van der Waals surface area contributed by atoms with Crippen LogP contribution in [0, 0.1) is 11.3 Å². The number of amides is 1. The number of esters is 1. The van der Waals surface area contributed by atoms with Crippen LogP contribution in [-0.2, 0) is 19.0 Å². The SMILES string of the molecule is COC(=O)[C@@H](OC(=O)N1C(C)(C)COC1(C)C)[C@H](C)C(C)(C)C. The lowest BCUT2D eigenvalue weighted by Crippen LogP contribution is -2.55. The molecule has 1 saturated heterocycles. The first-order valence-electron chi connectivity index (χ1n) is 7.97. The van der Waals surface area contributed by atoms with Crippen LogP contribution in [0.25, 0.3) is 0 Å². The molecular weight excluding hydrogens is 298 g/mol. The number of nitrogens with zero attached hydrogens (tertiary/aromatic N) is 1. The summed E-state index contributed by atoms with van der Waals surface area (Å²) in [6.45, 7) is 15.7. The summed E-state index contributed by atoms with van der Waals surface area (Å²) in [6.07, 6.45) is -1.52. The summed E-state index contributed by atoms with van der Waals surface area (Å²) in [5.41, 5.74) is -1.51. The maximum absolute atomic E-state index is 12.8. The summed E-state index contributed by atoms with van der Waals surface area (Å²) in [5.74, 6) is -0.745. The Labute approximate surface area is 139 Å². The smallest absolute Gasteiger partial charge is 0.413 e. The van der Waals surface area contributed by atoms with Gasteiger partial charge in [-0.15, -0.1) is 0 Å². The molecule has 6 nitrogen and oxygen atoms in total. The number of carbonyl (C=O) groups excluding carboxylic acids is 2. The first kappa shape index (κ1) is 19.7. The molecule has 0 aliphatic carbocycles. The molecule has 0 radical (unpaired) electrons. The maximum Gasteiger partial charge on any atom is 0.413 e. The van der Waals surface area contributed by atoms with Gasteiger partial charge in [0.2, 0.25) is 6.10 Å². The van der Waals surface area contributed by atoms with E-state index >= 15 is 0 Å². The van der Waals surface area contributed by atoms with Crippen molar-refractivity contribution in [2.45, 2.75) is 72.8 Å². The Morgan fingerprint density at radius 2 is 1.70 bits per heavy atom. The average molecular weight is 329 g/mol. The van der Waals surface area contributed by atoms with E-state index in [0.717, 1.165) is 0 Å². The van der Waals surface area contributed by atoms with E-state index in [9.17, 15) is 9.59 Å². The van der Waals surface area contributed by atoms with Gasteiger partial charge in [-0.1, -0.05) is 27.7 Å². The number of methoxy groups -OCH3 is 1. The van der Waals surface area contributed by atoms with Crippen LogP contribution < -0.4 is 0 Å². The van der Waals surface area contributed by atoms with Crippen molar-refractivity contribution in [1.82, 2.24) is 4.90 Å². The van der Waals surface area contributed by atoms with Gasteiger partial charge in [0, 0.05) is 5.92 Å². The first-order valence-corrected chi connectivity index (χ1v) is 7.97. The second kappa shape index (κ2) is 6.30. The molecule has 1 aliphatic rings. The Bertz CT molecular complexity index is 448. The largest absolute Gasteiger partial charge is 0.466 e. The molecule has 2 atom stereocenters. The average Bonchev–Trinajstić information content (AvgIpc) is 2.62. The minimum Gasteiger partial charge on any atom is -0.466 e. The predicted octanol–water partition coefficient (Wildman–Crippen LogP) is 3.19. The zero-order valence-corrected chi connectivity index (χ0v) is 15.9. The number of ether oxygens (including phenoxy) is 3. The normalized spacial score (nSPS) is 22.4. The van der Waals surface area contributed by atoms with Crippen LogP contribution in [0.4, 0.5) is 4.79 Å². The summed E-state index contributed by atoms with van der Waals surface area (Å²) < 4.78 is 16.1. The van der Waals surface area contributed by atoms with Gasteiger partial charge < -0.3 is 14.2 Å². The highest BCUT2D eigenvalue weighted by Gasteiger charge is 2.51. The zero-order chi connectivity index (χ0) is 18.2. The fourth-order valence-corrected chi connectivity index (χ4v) is 2.76. The Kier molecular flexibility index (Phi) is 5.41. The molecule has 0 saturated carbocycles. The quantitative estimate of drug-likeness (QED) is 0.744. The zero-order valence-electron chi connectivity index (χ0n) is 15.9. The van der Waals surface area contributed by atoms with Crippen LogP contribution in [0.1, 0.15) is 55.4 Å². The van der Waals surface area contributed by atoms with Crippen molar-refractivity contribution in [3.05, 3.63) is 0 Å². The number of rotatable bonds is 3. The highest BCUT2D eigenvalue weighted by molar-refractivity contribution is 5.79. The van der Waals surface area contributed by atoms with Crippen LogP contribution in [0.2, 0.25) is 0 Å². The molecule has 6 heteroatoms. The Morgan fingerprint density at radius 1 is 1.17 bits per heavy atom. The maximum atomic E-state index is 12.8. The lowest BCUT2D eigenvalue weighted by atomic mass is 9.78. The fourth-order valence-electron chi connectivity index (χ4n) is 2.76. The molecule has 1 amide bonds. The molecule has 134 valence electrons. The van der Waals surface area contributed by atoms with E-state index in [1.54, 1.807) is 4.90 Å². The Morgan fingerprint density at radius 3 is 2.04 bits per heavy atom. The molecule has 1 heterocycles. The highest BCUT2D eigenvalue weighted by atomic mass is 16.6. The molecule has 0 unspecified atom stereocenters. The minimum atomic E-state index is -0.959. The monoisotopic (exact) mass is 329 g/mol. The van der Waals surface area contributed by atoms with Gasteiger partial charge >= 0.3 is 12.1 Å². The van der Waals surface area contributed by atoms with Crippen molar-refractivity contribution in [2.75, 3.05) is 13.7 Å². The first-order chi connectivity index (χ1) is 10.2. The van der Waals surface area contributed by atoms with Crippen LogP contribution in [0.5, 0.6) is 0 Å². The number of carbonyl (C=O) groups is 2. The van der Waals surface area contributed by atoms with Crippen LogP contribution in [0.3, 0.4) is 0 Å². The lowest BCUT2D eigenvalue weighted by Gasteiger charge is -2.39. The summed E-state index contributed by atoms with van der Waals surface area (Å²) in [6, 6.07) is 0. The van der Waals surface area contributed by atoms with Gasteiger partial charge in [0.15, 0.2) is 0 Å². The van der Waals surface area contributed by atoms with E-state index in [1.807, 2.05) is 55.4 Å². The Balaban J connectivity index is 3.04. The van der Waals surface area contributed by atoms with Gasteiger partial charge in [-0.25, -0.2) is 9.59 Å². The van der Waals surface area contributed by atoms with Gasteiger partial charge in [0.1, 0.15) is 5.72 Å². The molecule has 1 aliphatic heterocycles. The van der Waals surface area contributed by atoms with Crippen molar-refractivity contribution >= 4 is 12.1 Å². The summed E-state index contributed by atoms with van der Waals surface area (Å²) in [7, 11) is 1.30. The van der Waals surface area contributed by atoms with Crippen molar-refractivity contribution in [3.63, 3.8) is 0 Å². The highest BCUT2D eigenvalue weighted by Crippen LogP contribution is 2.36. The van der Waals surface area contributed by atoms with Crippen LogP contribution in [-0.4, -0.2) is 48.0 Å². The van der Waals surface area contributed by atoms with Crippen molar-refractivity contribution in [2.24, 2.45) is 11.3 Å². The molecule has 23 heavy (non-hydrogen) atoms. The number of hydrogen-bond acceptors (Lipinski definition) is 5. The van der Waals surface area contributed by atoms with E-state index < -0.39 is 29.4 Å². The van der Waals surface area contributed by atoms with E-state index in [0.29, 0.717) is 6.61 Å². The predicted molar refractivity (Wildman–Crippen MR) is 86.9 cm³/mol. The lowest BCUT2D eigenvalue weighted by molar-refractivity contribution is -0.158. The second-order valence-electron chi connectivity index (χ2n) is 8.37. The topological polar surface area (TPSA) is 65.1 Å². The molecule has 0 N–H and O–H groups in total. The van der Waals surface area contributed by atoms with E-state index in [-0.39, 0.29) is 11.3 Å². The molecule has 0 bridgehead atoms. The molecular formula is C17H31NO5. The van der Waals surface area contributed by atoms with Gasteiger partial charge in [-0.2, -0.15) is 0 Å². The molecule has 0 spiro atoms. The van der Waals surface area contributed by atoms with E-state index in [2.05, 4.69) is 0 Å². The molecule has 1 rings (SSSR count). The summed E-state index contributed by atoms with van der Waals surface area (Å²) >= 11 is 0.